The Balaban J connectivity index is 3.18. The van der Waals surface area contributed by atoms with E-state index in [9.17, 15) is 8.78 Å². The molecule has 1 unspecified atom stereocenters. The third kappa shape index (κ3) is 2.55. The molecule has 0 radical (unpaired) electrons. The van der Waals surface area contributed by atoms with E-state index in [4.69, 9.17) is 5.73 Å². The second kappa shape index (κ2) is 5.03. The van der Waals surface area contributed by atoms with Gasteiger partial charge < -0.3 is 5.73 Å². The molecule has 0 spiro atoms. The number of nitrogens with two attached hydrogens (primary N) is 1. The molecule has 4 heteroatoms. The molecular weight excluding hydrogens is 264 g/mol. The minimum atomic E-state index is -0.604. The van der Waals surface area contributed by atoms with E-state index in [0.29, 0.717) is 0 Å². The number of benzene rings is 1. The van der Waals surface area contributed by atoms with Crippen molar-refractivity contribution in [2.75, 3.05) is 0 Å². The summed E-state index contributed by atoms with van der Waals surface area (Å²) in [5.74, 6) is -1.13. The van der Waals surface area contributed by atoms with Gasteiger partial charge in [-0.15, -0.1) is 0 Å². The summed E-state index contributed by atoms with van der Waals surface area (Å²) >= 11 is 3.02. The Hall–Kier alpha value is -0.480. The van der Waals surface area contributed by atoms with Crippen molar-refractivity contribution in [3.05, 3.63) is 33.8 Å². The summed E-state index contributed by atoms with van der Waals surface area (Å²) in [6.45, 7) is 3.82. The standard InChI is InChI=1S/C11H14BrF2N/c1-3-6(2)11(15)9-8(13)5-4-7(12)10(9)14/h4-6,11H,3,15H2,1-2H3/t6?,11-/m0/s1. The van der Waals surface area contributed by atoms with Gasteiger partial charge in [0.05, 0.1) is 4.47 Å². The van der Waals surface area contributed by atoms with E-state index in [1.165, 1.54) is 12.1 Å². The van der Waals surface area contributed by atoms with Crippen molar-refractivity contribution in [3.8, 4) is 0 Å². The van der Waals surface area contributed by atoms with Crippen LogP contribution in [0.15, 0.2) is 16.6 Å². The summed E-state index contributed by atoms with van der Waals surface area (Å²) in [6.07, 6.45) is 0.784. The van der Waals surface area contributed by atoms with Crippen LogP contribution in [0, 0.1) is 17.6 Å². The van der Waals surface area contributed by atoms with Crippen molar-refractivity contribution >= 4 is 15.9 Å². The third-order valence-corrected chi connectivity index (χ3v) is 3.28. The lowest BCUT2D eigenvalue weighted by Crippen LogP contribution is -2.21. The molecule has 0 aliphatic rings. The zero-order chi connectivity index (χ0) is 11.6. The molecule has 1 nitrogen and oxygen atoms in total. The van der Waals surface area contributed by atoms with Gasteiger partial charge in [0.25, 0.3) is 0 Å². The number of rotatable bonds is 3. The summed E-state index contributed by atoms with van der Waals surface area (Å²) in [5.41, 5.74) is 5.79. The first-order valence-corrected chi connectivity index (χ1v) is 5.67. The van der Waals surface area contributed by atoms with Gasteiger partial charge in [0, 0.05) is 11.6 Å². The van der Waals surface area contributed by atoms with Crippen molar-refractivity contribution in [2.45, 2.75) is 26.3 Å². The van der Waals surface area contributed by atoms with Crippen LogP contribution in [0.1, 0.15) is 31.9 Å². The van der Waals surface area contributed by atoms with Gasteiger partial charge in [0.1, 0.15) is 11.6 Å². The molecule has 0 aliphatic heterocycles. The van der Waals surface area contributed by atoms with E-state index in [1.54, 1.807) is 0 Å². The Morgan fingerprint density at radius 2 is 2.00 bits per heavy atom. The summed E-state index contributed by atoms with van der Waals surface area (Å²) in [4.78, 5) is 0. The Labute approximate surface area is 96.8 Å². The van der Waals surface area contributed by atoms with Crippen LogP contribution < -0.4 is 5.73 Å². The Bertz CT molecular complexity index is 355. The van der Waals surface area contributed by atoms with Crippen LogP contribution in [-0.4, -0.2) is 0 Å². The van der Waals surface area contributed by atoms with Crippen molar-refractivity contribution in [1.82, 2.24) is 0 Å². The average molecular weight is 278 g/mol. The smallest absolute Gasteiger partial charge is 0.145 e. The van der Waals surface area contributed by atoms with Crippen LogP contribution in [0.3, 0.4) is 0 Å². The quantitative estimate of drug-likeness (QED) is 0.837. The van der Waals surface area contributed by atoms with Gasteiger partial charge in [-0.3, -0.25) is 0 Å². The average Bonchev–Trinajstić information content (AvgIpc) is 2.22. The van der Waals surface area contributed by atoms with E-state index >= 15 is 0 Å². The lowest BCUT2D eigenvalue weighted by molar-refractivity contribution is 0.418. The predicted octanol–water partition coefficient (Wildman–Crippen LogP) is 3.77. The largest absolute Gasteiger partial charge is 0.324 e. The molecule has 0 amide bonds. The second-order valence-corrected chi connectivity index (χ2v) is 4.52. The third-order valence-electron chi connectivity index (χ3n) is 2.67. The molecule has 1 rings (SSSR count). The molecule has 0 heterocycles. The topological polar surface area (TPSA) is 26.0 Å². The van der Waals surface area contributed by atoms with Crippen molar-refractivity contribution in [2.24, 2.45) is 11.7 Å². The van der Waals surface area contributed by atoms with E-state index in [-0.39, 0.29) is 16.0 Å². The normalized spacial score (nSPS) is 15.1. The minimum Gasteiger partial charge on any atom is -0.324 e. The maximum absolute atomic E-state index is 13.6. The molecule has 0 saturated heterocycles. The molecule has 0 fully saturated rings. The maximum atomic E-state index is 13.6. The van der Waals surface area contributed by atoms with Crippen molar-refractivity contribution < 1.29 is 8.78 Å². The second-order valence-electron chi connectivity index (χ2n) is 3.67. The van der Waals surface area contributed by atoms with E-state index in [0.717, 1.165) is 6.42 Å². The van der Waals surface area contributed by atoms with Crippen molar-refractivity contribution in [3.63, 3.8) is 0 Å². The molecule has 0 saturated carbocycles. The zero-order valence-corrected chi connectivity index (χ0v) is 10.3. The summed E-state index contributed by atoms with van der Waals surface area (Å²) in [7, 11) is 0. The SMILES string of the molecule is CCC(C)[C@H](N)c1c(F)ccc(Br)c1F. The molecule has 15 heavy (non-hydrogen) atoms. The highest BCUT2D eigenvalue weighted by Gasteiger charge is 2.22. The lowest BCUT2D eigenvalue weighted by Gasteiger charge is -2.20. The highest BCUT2D eigenvalue weighted by Crippen LogP contribution is 2.30. The molecule has 0 aliphatic carbocycles. The first kappa shape index (κ1) is 12.6. The molecule has 84 valence electrons. The monoisotopic (exact) mass is 277 g/mol. The molecular formula is C11H14BrF2N. The van der Waals surface area contributed by atoms with Crippen LogP contribution >= 0.6 is 15.9 Å². The van der Waals surface area contributed by atoms with Gasteiger partial charge in [0.2, 0.25) is 0 Å². The van der Waals surface area contributed by atoms with Gasteiger partial charge >= 0.3 is 0 Å². The Morgan fingerprint density at radius 3 is 2.53 bits per heavy atom. The van der Waals surface area contributed by atoms with Crippen molar-refractivity contribution in [1.29, 1.82) is 0 Å². The highest BCUT2D eigenvalue weighted by atomic mass is 79.9. The van der Waals surface area contributed by atoms with Gasteiger partial charge in [-0.1, -0.05) is 20.3 Å². The molecule has 1 aromatic carbocycles. The summed E-state index contributed by atoms with van der Waals surface area (Å²) in [6, 6.07) is 1.97. The van der Waals surface area contributed by atoms with Crippen LogP contribution in [-0.2, 0) is 0 Å². The van der Waals surface area contributed by atoms with Crippen LogP contribution in [0.5, 0.6) is 0 Å². The number of hydrogen-bond donors (Lipinski definition) is 1. The Kier molecular flexibility index (Phi) is 4.22. The van der Waals surface area contributed by atoms with Crippen LogP contribution in [0.4, 0.5) is 8.78 Å². The number of hydrogen-bond acceptors (Lipinski definition) is 1. The highest BCUT2D eigenvalue weighted by molar-refractivity contribution is 9.10. The summed E-state index contributed by atoms with van der Waals surface area (Å²) < 4.78 is 27.3. The van der Waals surface area contributed by atoms with Gasteiger partial charge in [-0.2, -0.15) is 0 Å². The zero-order valence-electron chi connectivity index (χ0n) is 8.73. The number of halogens is 3. The van der Waals surface area contributed by atoms with Crippen LogP contribution in [0.25, 0.3) is 0 Å². The van der Waals surface area contributed by atoms with E-state index in [2.05, 4.69) is 15.9 Å². The molecule has 2 N–H and O–H groups in total. The molecule has 2 atom stereocenters. The Morgan fingerprint density at radius 1 is 1.40 bits per heavy atom. The lowest BCUT2D eigenvalue weighted by atomic mass is 9.92. The molecule has 1 aromatic rings. The minimum absolute atomic E-state index is 0.0290. The van der Waals surface area contributed by atoms with Gasteiger partial charge in [-0.25, -0.2) is 8.78 Å². The molecule has 0 aromatic heterocycles. The van der Waals surface area contributed by atoms with E-state index < -0.39 is 17.7 Å². The van der Waals surface area contributed by atoms with E-state index in [1.807, 2.05) is 13.8 Å². The maximum Gasteiger partial charge on any atom is 0.145 e. The fraction of sp³-hybridized carbons (Fsp3) is 0.455. The first-order valence-electron chi connectivity index (χ1n) is 4.88. The predicted molar refractivity (Wildman–Crippen MR) is 60.4 cm³/mol. The first-order chi connectivity index (χ1) is 6.99. The fourth-order valence-corrected chi connectivity index (χ4v) is 1.73. The van der Waals surface area contributed by atoms with Crippen LogP contribution in [0.2, 0.25) is 0 Å². The summed E-state index contributed by atoms with van der Waals surface area (Å²) in [5, 5.41) is 0. The fourth-order valence-electron chi connectivity index (χ4n) is 1.39. The molecule has 0 bridgehead atoms. The van der Waals surface area contributed by atoms with Gasteiger partial charge in [0.15, 0.2) is 0 Å². The van der Waals surface area contributed by atoms with Gasteiger partial charge in [-0.05, 0) is 34.0 Å².